The summed E-state index contributed by atoms with van der Waals surface area (Å²) in [6.07, 6.45) is -3.38. The number of carbonyl (C=O) groups excluding carboxylic acids is 2. The van der Waals surface area contributed by atoms with Crippen LogP contribution in [0.2, 0.25) is 0 Å². The third-order valence-electron chi connectivity index (χ3n) is 5.20. The highest BCUT2D eigenvalue weighted by atomic mass is 19.4. The van der Waals surface area contributed by atoms with Crippen molar-refractivity contribution in [1.82, 2.24) is 25.8 Å². The van der Waals surface area contributed by atoms with Gasteiger partial charge in [-0.2, -0.15) is 5.10 Å². The zero-order chi connectivity index (χ0) is 26.6. The number of fused-ring (bicyclic) bond motifs is 1. The van der Waals surface area contributed by atoms with Gasteiger partial charge in [-0.25, -0.2) is 4.98 Å². The molecule has 0 spiro atoms. The summed E-state index contributed by atoms with van der Waals surface area (Å²) in [5.74, 6) is -1.50. The molecule has 3 N–H and O–H groups in total. The molecule has 2 amide bonds. The van der Waals surface area contributed by atoms with Crippen molar-refractivity contribution in [2.75, 3.05) is 14.1 Å². The first-order valence-corrected chi connectivity index (χ1v) is 10.4. The minimum absolute atomic E-state index is 0.0260. The second-order valence-corrected chi connectivity index (χ2v) is 7.46. The number of carbonyl (C=O) groups is 2. The highest BCUT2D eigenvalue weighted by molar-refractivity contribution is 6.05. The summed E-state index contributed by atoms with van der Waals surface area (Å²) in [7, 11) is 1.06. The summed E-state index contributed by atoms with van der Waals surface area (Å²) in [5.41, 5.74) is 2.09. The van der Waals surface area contributed by atoms with Crippen LogP contribution in [0.5, 0.6) is 11.6 Å². The first-order valence-electron chi connectivity index (χ1n) is 11.1. The predicted molar refractivity (Wildman–Crippen MR) is 124 cm³/mol. The highest BCUT2D eigenvalue weighted by Crippen LogP contribution is 2.29. The molecule has 4 rings (SSSR count). The van der Waals surface area contributed by atoms with E-state index in [0.717, 1.165) is 6.07 Å². The second-order valence-electron chi connectivity index (χ2n) is 7.46. The molecule has 2 aromatic carbocycles. The number of amides is 2. The number of aromatic amines is 1. The summed E-state index contributed by atoms with van der Waals surface area (Å²) in [6.45, 7) is -0.234. The predicted octanol–water partition coefficient (Wildman–Crippen LogP) is 3.82. The van der Waals surface area contributed by atoms with Gasteiger partial charge in [0.15, 0.2) is 5.69 Å². The summed E-state index contributed by atoms with van der Waals surface area (Å²) in [6, 6.07) is 12.1. The van der Waals surface area contributed by atoms with Crippen LogP contribution in [-0.4, -0.2) is 47.5 Å². The van der Waals surface area contributed by atoms with E-state index >= 15 is 0 Å². The minimum Gasteiger partial charge on any atom is -0.480 e. The van der Waals surface area contributed by atoms with E-state index < -0.39 is 23.9 Å². The lowest BCUT2D eigenvalue weighted by molar-refractivity contribution is -0.274. The van der Waals surface area contributed by atoms with Crippen molar-refractivity contribution in [3.63, 3.8) is 0 Å². The first-order chi connectivity index (χ1) is 17.7. The maximum atomic E-state index is 13.0. The monoisotopic (exact) mass is 500 g/mol. The van der Waals surface area contributed by atoms with Crippen LogP contribution in [0.3, 0.4) is 0 Å². The molecule has 12 heteroatoms. The molecule has 0 atom stereocenters. The molecular formula is C24H20F3N5O4. The normalized spacial score (nSPS) is 11.6. The number of alkyl halides is 3. The van der Waals surface area contributed by atoms with Crippen molar-refractivity contribution in [2.24, 2.45) is 0 Å². The number of hydrogen-bond acceptors (Lipinski definition) is 6. The molecule has 0 bridgehead atoms. The lowest BCUT2D eigenvalue weighted by Crippen LogP contribution is -2.25. The lowest BCUT2D eigenvalue weighted by atomic mass is 10.0. The van der Waals surface area contributed by atoms with E-state index in [1.54, 1.807) is 18.2 Å². The number of halogens is 3. The summed E-state index contributed by atoms with van der Waals surface area (Å²) in [5, 5.41) is 12.3. The Morgan fingerprint density at radius 2 is 1.92 bits per heavy atom. The van der Waals surface area contributed by atoms with Gasteiger partial charge in [-0.3, -0.25) is 14.7 Å². The van der Waals surface area contributed by atoms with Crippen LogP contribution in [0.25, 0.3) is 22.0 Å². The topological polar surface area (TPSA) is 118 Å². The number of methoxy groups -OCH3 is 1. The number of para-hydroxylation sites is 1. The van der Waals surface area contributed by atoms with Gasteiger partial charge in [-0.1, -0.05) is 24.3 Å². The van der Waals surface area contributed by atoms with Gasteiger partial charge in [-0.05, 0) is 29.8 Å². The number of hydrogen-bond donors (Lipinski definition) is 3. The first kappa shape index (κ1) is 23.1. The molecule has 0 saturated heterocycles. The van der Waals surface area contributed by atoms with Gasteiger partial charge in [0, 0.05) is 37.6 Å². The Labute approximate surface area is 204 Å². The Balaban J connectivity index is 1.58. The Bertz CT molecular complexity index is 1460. The average molecular weight is 500 g/mol. The number of nitrogens with one attached hydrogen (secondary N) is 3. The van der Waals surface area contributed by atoms with Gasteiger partial charge in [0.1, 0.15) is 11.3 Å². The number of aromatic nitrogens is 3. The van der Waals surface area contributed by atoms with Gasteiger partial charge >= 0.3 is 6.36 Å². The SMILES string of the molecule is [2H]CNC(=O)c1n[nH]c2cc(-c3cnc(OC)c(C(=O)NCc4ccccc4OC(F)(F)F)c3)ccc12. The smallest absolute Gasteiger partial charge is 0.480 e. The molecule has 0 aliphatic carbocycles. The quantitative estimate of drug-likeness (QED) is 0.355. The Hall–Kier alpha value is -4.61. The summed E-state index contributed by atoms with van der Waals surface area (Å²) >= 11 is 0. The maximum absolute atomic E-state index is 13.0. The number of H-pyrrole nitrogens is 1. The summed E-state index contributed by atoms with van der Waals surface area (Å²) in [4.78, 5) is 29.2. The van der Waals surface area contributed by atoms with Crippen molar-refractivity contribution in [3.05, 3.63) is 71.5 Å². The van der Waals surface area contributed by atoms with Crippen LogP contribution in [-0.2, 0) is 6.54 Å². The van der Waals surface area contributed by atoms with Crippen molar-refractivity contribution < 1.29 is 33.6 Å². The van der Waals surface area contributed by atoms with E-state index in [4.69, 9.17) is 6.11 Å². The van der Waals surface area contributed by atoms with E-state index in [1.807, 2.05) is 0 Å². The van der Waals surface area contributed by atoms with Crippen LogP contribution >= 0.6 is 0 Å². The Morgan fingerprint density at radius 1 is 1.11 bits per heavy atom. The minimum atomic E-state index is -4.87. The van der Waals surface area contributed by atoms with E-state index in [-0.39, 0.29) is 36.3 Å². The summed E-state index contributed by atoms with van der Waals surface area (Å²) < 4.78 is 54.4. The zero-order valence-electron chi connectivity index (χ0n) is 19.8. The largest absolute Gasteiger partial charge is 0.573 e. The molecule has 0 radical (unpaired) electrons. The fourth-order valence-corrected chi connectivity index (χ4v) is 3.54. The zero-order valence-corrected chi connectivity index (χ0v) is 18.8. The fourth-order valence-electron chi connectivity index (χ4n) is 3.54. The molecule has 36 heavy (non-hydrogen) atoms. The second kappa shape index (κ2) is 9.94. The van der Waals surface area contributed by atoms with E-state index in [0.29, 0.717) is 22.0 Å². The molecule has 2 heterocycles. The van der Waals surface area contributed by atoms with Crippen molar-refractivity contribution in [2.45, 2.75) is 12.9 Å². The molecule has 0 fully saturated rings. The molecule has 9 nitrogen and oxygen atoms in total. The maximum Gasteiger partial charge on any atom is 0.573 e. The third kappa shape index (κ3) is 5.22. The number of ether oxygens (including phenoxy) is 2. The molecule has 0 aliphatic rings. The van der Waals surface area contributed by atoms with Gasteiger partial charge in [0.2, 0.25) is 5.88 Å². The molecule has 0 saturated carbocycles. The highest BCUT2D eigenvalue weighted by Gasteiger charge is 2.32. The van der Waals surface area contributed by atoms with E-state index in [9.17, 15) is 22.8 Å². The molecule has 4 aromatic rings. The molecular weight excluding hydrogens is 479 g/mol. The van der Waals surface area contributed by atoms with Crippen molar-refractivity contribution in [1.29, 1.82) is 0 Å². The molecule has 186 valence electrons. The standard InChI is InChI=1S/C24H20F3N5O4/c1-28-22(34)20-16-8-7-13(10-18(16)31-32-20)15-9-17(23(35-2)30-12-15)21(33)29-11-14-5-3-4-6-19(14)36-24(25,26)27/h3-10,12H,11H2,1-2H3,(H,28,34)(H,29,33)(H,31,32)/i1D. The lowest BCUT2D eigenvalue weighted by Gasteiger charge is -2.14. The van der Waals surface area contributed by atoms with Crippen LogP contribution in [0.1, 0.15) is 27.8 Å². The number of benzene rings is 2. The number of pyridine rings is 1. The average Bonchev–Trinajstić information content (AvgIpc) is 3.30. The van der Waals surface area contributed by atoms with Crippen LogP contribution in [0, 0.1) is 0 Å². The Kier molecular flexibility index (Phi) is 6.39. The fraction of sp³-hybridized carbons (Fsp3) is 0.167. The van der Waals surface area contributed by atoms with E-state index in [2.05, 4.69) is 30.6 Å². The van der Waals surface area contributed by atoms with Crippen LogP contribution < -0.4 is 20.1 Å². The molecule has 0 unspecified atom stereocenters. The van der Waals surface area contributed by atoms with Crippen LogP contribution in [0.4, 0.5) is 13.2 Å². The number of nitrogens with zero attached hydrogens (tertiary/aromatic N) is 2. The third-order valence-corrected chi connectivity index (χ3v) is 5.20. The van der Waals surface area contributed by atoms with Crippen molar-refractivity contribution in [3.8, 4) is 22.8 Å². The van der Waals surface area contributed by atoms with E-state index in [1.165, 1.54) is 37.6 Å². The van der Waals surface area contributed by atoms with Crippen molar-refractivity contribution >= 4 is 22.7 Å². The molecule has 2 aromatic heterocycles. The van der Waals surface area contributed by atoms with Crippen LogP contribution in [0.15, 0.2) is 54.7 Å². The molecule has 0 aliphatic heterocycles. The number of rotatable bonds is 7. The van der Waals surface area contributed by atoms with Gasteiger partial charge in [-0.15, -0.1) is 13.2 Å². The van der Waals surface area contributed by atoms with Gasteiger partial charge in [0.05, 0.1) is 12.6 Å². The Morgan fingerprint density at radius 3 is 2.67 bits per heavy atom. The van der Waals surface area contributed by atoms with Gasteiger partial charge < -0.3 is 20.1 Å². The van der Waals surface area contributed by atoms with Gasteiger partial charge in [0.25, 0.3) is 11.8 Å².